The number of para-hydroxylation sites is 1. The highest BCUT2D eigenvalue weighted by Gasteiger charge is 2.43. The van der Waals surface area contributed by atoms with E-state index < -0.39 is 0 Å². The number of aryl methyl sites for hydroxylation is 2. The van der Waals surface area contributed by atoms with Crippen LogP contribution in [0.1, 0.15) is 39.4 Å². The number of piperidine rings is 1. The summed E-state index contributed by atoms with van der Waals surface area (Å²) < 4.78 is 6.03. The number of thiophene rings is 1. The fraction of sp³-hybridized carbons (Fsp3) is 0.455. The number of morpholine rings is 1. The zero-order valence-corrected chi connectivity index (χ0v) is 16.7. The lowest BCUT2D eigenvalue weighted by Crippen LogP contribution is -2.59. The highest BCUT2D eigenvalue weighted by Crippen LogP contribution is 2.35. The minimum absolute atomic E-state index is 0.00318. The van der Waals surface area contributed by atoms with Crippen molar-refractivity contribution in [1.29, 1.82) is 0 Å². The number of carbonyl (C=O) groups excluding carboxylic acids is 2. The van der Waals surface area contributed by atoms with E-state index in [0.717, 1.165) is 36.2 Å². The van der Waals surface area contributed by atoms with Crippen LogP contribution in [0.25, 0.3) is 0 Å². The third-order valence-electron chi connectivity index (χ3n) is 6.24. The van der Waals surface area contributed by atoms with Crippen LogP contribution in [0.4, 0.5) is 5.69 Å². The molecule has 3 heterocycles. The van der Waals surface area contributed by atoms with Gasteiger partial charge in [-0.05, 0) is 55.9 Å². The number of nitrogens with zero attached hydrogens (tertiary/aromatic N) is 2. The van der Waals surface area contributed by atoms with E-state index in [1.807, 2.05) is 40.1 Å². The van der Waals surface area contributed by atoms with Crippen molar-refractivity contribution in [3.05, 3.63) is 51.7 Å². The average molecular weight is 397 g/mol. The molecule has 0 unspecified atom stereocenters. The fourth-order valence-electron chi connectivity index (χ4n) is 4.57. The smallest absolute Gasteiger partial charge is 0.263 e. The van der Waals surface area contributed by atoms with Crippen molar-refractivity contribution >= 4 is 28.8 Å². The summed E-state index contributed by atoms with van der Waals surface area (Å²) in [4.78, 5) is 31.4. The average Bonchev–Trinajstić information content (AvgIpc) is 3.33. The zero-order valence-electron chi connectivity index (χ0n) is 15.9. The molecular weight excluding hydrogens is 372 g/mol. The minimum Gasteiger partial charge on any atom is -0.363 e. The number of fused-ring (bicyclic) bond motifs is 1. The van der Waals surface area contributed by atoms with Gasteiger partial charge in [0, 0.05) is 23.7 Å². The van der Waals surface area contributed by atoms with Crippen molar-refractivity contribution in [2.45, 2.75) is 37.7 Å². The first-order valence-electron chi connectivity index (χ1n) is 10.0. The highest BCUT2D eigenvalue weighted by atomic mass is 32.1. The van der Waals surface area contributed by atoms with Gasteiger partial charge in [0.05, 0.1) is 17.0 Å². The van der Waals surface area contributed by atoms with E-state index in [0.29, 0.717) is 19.6 Å². The molecule has 2 aliphatic heterocycles. The Hall–Kier alpha value is -2.18. The van der Waals surface area contributed by atoms with Crippen molar-refractivity contribution in [3.63, 3.8) is 0 Å². The van der Waals surface area contributed by atoms with E-state index in [-0.39, 0.29) is 24.0 Å². The van der Waals surface area contributed by atoms with Gasteiger partial charge in [0.25, 0.3) is 11.8 Å². The molecule has 0 saturated carbocycles. The molecule has 146 valence electrons. The molecule has 1 aromatic heterocycles. The lowest BCUT2D eigenvalue weighted by molar-refractivity contribution is -0.143. The number of amides is 2. The molecular formula is C22H24N2O3S. The SMILES string of the molecule is O=C(c1cc2c(s1)CCC2)N1CCC2(CC1)CN(c1ccccc1)C(=O)CO2. The second-order valence-electron chi connectivity index (χ2n) is 7.99. The Morgan fingerprint density at radius 3 is 2.64 bits per heavy atom. The lowest BCUT2D eigenvalue weighted by atomic mass is 9.89. The maximum atomic E-state index is 12.9. The van der Waals surface area contributed by atoms with Crippen LogP contribution in [0.2, 0.25) is 0 Å². The van der Waals surface area contributed by atoms with Crippen molar-refractivity contribution in [2.75, 3.05) is 31.1 Å². The van der Waals surface area contributed by atoms with Gasteiger partial charge in [0.1, 0.15) is 6.61 Å². The van der Waals surface area contributed by atoms with Crippen molar-refractivity contribution in [3.8, 4) is 0 Å². The molecule has 6 heteroatoms. The fourth-order valence-corrected chi connectivity index (χ4v) is 5.79. The summed E-state index contributed by atoms with van der Waals surface area (Å²) in [7, 11) is 0. The monoisotopic (exact) mass is 396 g/mol. The van der Waals surface area contributed by atoms with E-state index in [1.165, 1.54) is 16.9 Å². The number of hydrogen-bond acceptors (Lipinski definition) is 4. The first-order valence-corrected chi connectivity index (χ1v) is 10.9. The van der Waals surface area contributed by atoms with Crippen LogP contribution in [0, 0.1) is 0 Å². The molecule has 3 aliphatic rings. The zero-order chi connectivity index (χ0) is 19.1. The Labute approximate surface area is 168 Å². The first-order chi connectivity index (χ1) is 13.6. The van der Waals surface area contributed by atoms with Crippen LogP contribution >= 0.6 is 11.3 Å². The topological polar surface area (TPSA) is 49.9 Å². The molecule has 0 radical (unpaired) electrons. The summed E-state index contributed by atoms with van der Waals surface area (Å²) in [6, 6.07) is 11.9. The molecule has 2 saturated heterocycles. The van der Waals surface area contributed by atoms with Gasteiger partial charge >= 0.3 is 0 Å². The molecule has 0 bridgehead atoms. The largest absolute Gasteiger partial charge is 0.363 e. The second kappa shape index (κ2) is 7.01. The van der Waals surface area contributed by atoms with Crippen molar-refractivity contribution < 1.29 is 14.3 Å². The summed E-state index contributed by atoms with van der Waals surface area (Å²) in [6.45, 7) is 2.03. The van der Waals surface area contributed by atoms with Crippen molar-refractivity contribution in [2.24, 2.45) is 0 Å². The maximum absolute atomic E-state index is 12.9. The van der Waals surface area contributed by atoms with Gasteiger partial charge in [-0.3, -0.25) is 9.59 Å². The van der Waals surface area contributed by atoms with Crippen LogP contribution in [-0.2, 0) is 22.4 Å². The van der Waals surface area contributed by atoms with Gasteiger partial charge in [-0.1, -0.05) is 18.2 Å². The molecule has 0 N–H and O–H groups in total. The summed E-state index contributed by atoms with van der Waals surface area (Å²) in [6.07, 6.45) is 4.98. The normalized spacial score (nSPS) is 21.2. The Morgan fingerprint density at radius 2 is 1.89 bits per heavy atom. The minimum atomic E-state index is -0.349. The van der Waals surface area contributed by atoms with Gasteiger partial charge < -0.3 is 14.5 Å². The summed E-state index contributed by atoms with van der Waals surface area (Å²) >= 11 is 1.67. The van der Waals surface area contributed by atoms with Crippen LogP contribution in [0.15, 0.2) is 36.4 Å². The van der Waals surface area contributed by atoms with E-state index in [1.54, 1.807) is 11.3 Å². The number of anilines is 1. The van der Waals surface area contributed by atoms with Crippen LogP contribution in [-0.4, -0.2) is 48.6 Å². The Balaban J connectivity index is 1.27. The molecule has 2 amide bonds. The number of hydrogen-bond donors (Lipinski definition) is 0. The molecule has 5 nitrogen and oxygen atoms in total. The Morgan fingerprint density at radius 1 is 1.11 bits per heavy atom. The molecule has 1 aromatic carbocycles. The number of carbonyl (C=O) groups is 2. The number of ether oxygens (including phenoxy) is 1. The molecule has 28 heavy (non-hydrogen) atoms. The van der Waals surface area contributed by atoms with Gasteiger partial charge in [0.2, 0.25) is 0 Å². The summed E-state index contributed by atoms with van der Waals surface area (Å²) in [5.74, 6) is 0.157. The molecule has 2 aromatic rings. The van der Waals surface area contributed by atoms with E-state index in [9.17, 15) is 9.59 Å². The van der Waals surface area contributed by atoms with Gasteiger partial charge in [-0.15, -0.1) is 11.3 Å². The summed E-state index contributed by atoms with van der Waals surface area (Å²) in [5, 5.41) is 0. The third-order valence-corrected chi connectivity index (χ3v) is 7.46. The van der Waals surface area contributed by atoms with Crippen molar-refractivity contribution in [1.82, 2.24) is 4.90 Å². The Bertz CT molecular complexity index is 878. The number of likely N-dealkylation sites (tertiary alicyclic amines) is 1. The quantitative estimate of drug-likeness (QED) is 0.783. The molecule has 5 rings (SSSR count). The molecule has 2 fully saturated rings. The predicted octanol–water partition coefficient (Wildman–Crippen LogP) is 3.28. The predicted molar refractivity (Wildman–Crippen MR) is 109 cm³/mol. The van der Waals surface area contributed by atoms with Crippen LogP contribution in [0.5, 0.6) is 0 Å². The van der Waals surface area contributed by atoms with Crippen LogP contribution in [0.3, 0.4) is 0 Å². The Kier molecular flexibility index (Phi) is 4.48. The van der Waals surface area contributed by atoms with E-state index >= 15 is 0 Å². The molecule has 1 aliphatic carbocycles. The van der Waals surface area contributed by atoms with E-state index in [4.69, 9.17) is 4.74 Å². The standard InChI is InChI=1S/C22H24N2O3S/c25-20-14-27-22(15-24(20)17-6-2-1-3-7-17)9-11-23(12-10-22)21(26)19-13-16-5-4-8-18(16)28-19/h1-3,6-7,13H,4-5,8-12,14-15H2. The third kappa shape index (κ3) is 3.14. The van der Waals surface area contributed by atoms with E-state index in [2.05, 4.69) is 6.07 Å². The maximum Gasteiger partial charge on any atom is 0.263 e. The summed E-state index contributed by atoms with van der Waals surface area (Å²) in [5.41, 5.74) is 1.94. The molecule has 1 spiro atoms. The first kappa shape index (κ1) is 17.9. The number of rotatable bonds is 2. The molecule has 0 atom stereocenters. The lowest BCUT2D eigenvalue weighted by Gasteiger charge is -2.46. The highest BCUT2D eigenvalue weighted by molar-refractivity contribution is 7.14. The van der Waals surface area contributed by atoms with Gasteiger partial charge in [-0.2, -0.15) is 0 Å². The van der Waals surface area contributed by atoms with Gasteiger partial charge in [0.15, 0.2) is 0 Å². The van der Waals surface area contributed by atoms with Crippen LogP contribution < -0.4 is 4.90 Å². The number of benzene rings is 1. The van der Waals surface area contributed by atoms with Gasteiger partial charge in [-0.25, -0.2) is 0 Å². The second-order valence-corrected chi connectivity index (χ2v) is 9.13.